The molecule has 2 aromatic carbocycles. The first kappa shape index (κ1) is 28.0. The molecule has 0 saturated carbocycles. The summed E-state index contributed by atoms with van der Waals surface area (Å²) in [5.41, 5.74) is 0.778. The highest BCUT2D eigenvalue weighted by Gasteiger charge is 2.34. The van der Waals surface area contributed by atoms with Gasteiger partial charge in [-0.2, -0.15) is 0 Å². The van der Waals surface area contributed by atoms with Crippen molar-refractivity contribution in [1.29, 1.82) is 0 Å². The molecule has 2 atom stereocenters. The van der Waals surface area contributed by atoms with Gasteiger partial charge in [0, 0.05) is 12.8 Å². The summed E-state index contributed by atoms with van der Waals surface area (Å²) in [6, 6.07) is 6.30. The van der Waals surface area contributed by atoms with E-state index in [1.54, 1.807) is 0 Å². The van der Waals surface area contributed by atoms with E-state index in [4.69, 9.17) is 9.68 Å². The second kappa shape index (κ2) is 11.2. The zero-order valence-electron chi connectivity index (χ0n) is 17.3. The fourth-order valence-electron chi connectivity index (χ4n) is 2.90. The molecule has 0 spiro atoms. The fraction of sp³-hybridized carbons (Fsp3) is 0.300. The van der Waals surface area contributed by atoms with Gasteiger partial charge in [-0.05, 0) is 67.3 Å². The molecule has 2 aliphatic rings. The summed E-state index contributed by atoms with van der Waals surface area (Å²) in [6.45, 7) is 0. The standard InChI is InChI=1S/2C10H6BrF4NO2/c2*11-9-4-8(18-16-9)5-1-2-7(6(12)3-5)17-10(13,14)15/h2*1-3,8H,4H2/t2*8-/m10/s1. The molecular weight excluding hydrogens is 644 g/mol. The summed E-state index contributed by atoms with van der Waals surface area (Å²) in [6.07, 6.45) is -10.0. The van der Waals surface area contributed by atoms with Gasteiger partial charge in [0.15, 0.2) is 35.3 Å². The molecule has 0 unspecified atom stereocenters. The van der Waals surface area contributed by atoms with Gasteiger partial charge in [0.1, 0.15) is 9.24 Å². The number of hydrogen-bond donors (Lipinski definition) is 0. The highest BCUT2D eigenvalue weighted by Crippen LogP contribution is 2.34. The summed E-state index contributed by atoms with van der Waals surface area (Å²) in [4.78, 5) is 9.92. The lowest BCUT2D eigenvalue weighted by molar-refractivity contribution is -0.276. The predicted molar refractivity (Wildman–Crippen MR) is 116 cm³/mol. The van der Waals surface area contributed by atoms with Gasteiger partial charge in [-0.3, -0.25) is 0 Å². The van der Waals surface area contributed by atoms with E-state index in [9.17, 15) is 35.1 Å². The summed E-state index contributed by atoms with van der Waals surface area (Å²) >= 11 is 6.21. The molecule has 0 aromatic heterocycles. The smallest absolute Gasteiger partial charge is 0.403 e. The van der Waals surface area contributed by atoms with Crippen molar-refractivity contribution in [1.82, 2.24) is 0 Å². The van der Waals surface area contributed by atoms with Gasteiger partial charge in [0.2, 0.25) is 0 Å². The van der Waals surface area contributed by atoms with Gasteiger partial charge in [0.05, 0.1) is 0 Å². The van der Waals surface area contributed by atoms with E-state index in [0.717, 1.165) is 24.3 Å². The van der Waals surface area contributed by atoms with Crippen LogP contribution in [0.4, 0.5) is 35.1 Å². The largest absolute Gasteiger partial charge is 0.573 e. The van der Waals surface area contributed by atoms with Gasteiger partial charge in [-0.1, -0.05) is 22.4 Å². The van der Waals surface area contributed by atoms with Gasteiger partial charge < -0.3 is 19.1 Å². The van der Waals surface area contributed by atoms with Gasteiger partial charge >= 0.3 is 12.7 Å². The Bertz CT molecular complexity index is 1070. The minimum atomic E-state index is -4.92. The molecule has 2 heterocycles. The molecule has 0 saturated heterocycles. The van der Waals surface area contributed by atoms with Crippen molar-refractivity contribution in [3.05, 3.63) is 59.2 Å². The first-order valence-corrected chi connectivity index (χ1v) is 11.2. The predicted octanol–water partition coefficient (Wildman–Crippen LogP) is 7.79. The van der Waals surface area contributed by atoms with E-state index in [1.807, 2.05) is 0 Å². The lowest BCUT2D eigenvalue weighted by Gasteiger charge is -2.12. The minimum absolute atomic E-state index is 0.389. The Kier molecular flexibility index (Phi) is 8.69. The van der Waals surface area contributed by atoms with Crippen molar-refractivity contribution < 1.29 is 54.3 Å². The Balaban J connectivity index is 0.000000201. The Morgan fingerprint density at radius 2 is 1.06 bits per heavy atom. The summed E-state index contributed by atoms with van der Waals surface area (Å²) < 4.78 is 107. The second-order valence-electron chi connectivity index (χ2n) is 7.01. The van der Waals surface area contributed by atoms with Crippen LogP contribution in [-0.2, 0) is 9.68 Å². The van der Waals surface area contributed by atoms with Crippen LogP contribution >= 0.6 is 31.9 Å². The first-order valence-electron chi connectivity index (χ1n) is 9.57. The molecule has 16 heteroatoms. The molecule has 2 aliphatic heterocycles. The third-order valence-corrected chi connectivity index (χ3v) is 5.31. The maximum Gasteiger partial charge on any atom is 0.573 e. The monoisotopic (exact) mass is 654 g/mol. The van der Waals surface area contributed by atoms with Crippen molar-refractivity contribution in [2.75, 3.05) is 0 Å². The van der Waals surface area contributed by atoms with Crippen LogP contribution in [0, 0.1) is 11.6 Å². The van der Waals surface area contributed by atoms with Crippen molar-refractivity contribution in [3.8, 4) is 11.5 Å². The molecular formula is C20H12Br2F8N2O4. The topological polar surface area (TPSA) is 61.6 Å². The molecule has 196 valence electrons. The quantitative estimate of drug-likeness (QED) is 0.316. The van der Waals surface area contributed by atoms with Crippen LogP contribution in [0.3, 0.4) is 0 Å². The Morgan fingerprint density at radius 1 is 0.694 bits per heavy atom. The zero-order chi connectivity index (χ0) is 26.7. The number of alkyl halides is 6. The van der Waals surface area contributed by atoms with Crippen LogP contribution < -0.4 is 9.47 Å². The Labute approximate surface area is 214 Å². The molecule has 0 amide bonds. The highest BCUT2D eigenvalue weighted by molar-refractivity contribution is 9.18. The normalized spacial score (nSPS) is 19.4. The lowest BCUT2D eigenvalue weighted by atomic mass is 10.1. The first-order chi connectivity index (χ1) is 16.7. The van der Waals surface area contributed by atoms with E-state index in [0.29, 0.717) is 33.2 Å². The van der Waals surface area contributed by atoms with E-state index in [1.165, 1.54) is 12.1 Å². The van der Waals surface area contributed by atoms with Crippen LogP contribution in [0.2, 0.25) is 0 Å². The molecule has 36 heavy (non-hydrogen) atoms. The molecule has 6 nitrogen and oxygen atoms in total. The second-order valence-corrected chi connectivity index (χ2v) is 8.84. The maximum atomic E-state index is 13.4. The summed E-state index contributed by atoms with van der Waals surface area (Å²) in [7, 11) is 0. The van der Waals surface area contributed by atoms with Crippen molar-refractivity contribution in [2.24, 2.45) is 10.3 Å². The number of oxime groups is 2. The molecule has 2 aromatic rings. The molecule has 4 rings (SSSR count). The van der Waals surface area contributed by atoms with E-state index in [2.05, 4.69) is 51.6 Å². The minimum Gasteiger partial charge on any atom is -0.403 e. The van der Waals surface area contributed by atoms with E-state index in [-0.39, 0.29) is 0 Å². The molecule has 0 bridgehead atoms. The van der Waals surface area contributed by atoms with Crippen LogP contribution in [0.15, 0.2) is 46.7 Å². The van der Waals surface area contributed by atoms with Crippen LogP contribution in [0.5, 0.6) is 11.5 Å². The fourth-order valence-corrected chi connectivity index (χ4v) is 3.66. The summed E-state index contributed by atoms with van der Waals surface area (Å²) in [5, 5.41) is 7.21. The average Bonchev–Trinajstić information content (AvgIpc) is 3.38. The van der Waals surface area contributed by atoms with E-state index >= 15 is 0 Å². The molecule has 0 fully saturated rings. The van der Waals surface area contributed by atoms with Gasteiger partial charge in [-0.25, -0.2) is 8.78 Å². The Hall–Kier alpha value is -2.62. The lowest BCUT2D eigenvalue weighted by Crippen LogP contribution is -2.18. The number of ether oxygens (including phenoxy) is 2. The van der Waals surface area contributed by atoms with Crippen molar-refractivity contribution in [2.45, 2.75) is 37.8 Å². The Morgan fingerprint density at radius 3 is 1.31 bits per heavy atom. The maximum absolute atomic E-state index is 13.4. The summed E-state index contributed by atoms with van der Waals surface area (Å²) in [5.74, 6) is -3.94. The van der Waals surface area contributed by atoms with Crippen LogP contribution in [0.25, 0.3) is 0 Å². The van der Waals surface area contributed by atoms with Crippen LogP contribution in [0.1, 0.15) is 36.2 Å². The SMILES string of the molecule is Fc1cc([C@@H]2CC(Br)=NO2)ccc1OC(F)(F)F.Fc1cc([C@H]2CC(Br)=NO2)ccc1OC(F)(F)F. The molecule has 0 N–H and O–H groups in total. The average molecular weight is 656 g/mol. The molecule has 0 radical (unpaired) electrons. The third kappa shape index (κ3) is 8.21. The van der Waals surface area contributed by atoms with Gasteiger partial charge in [-0.15, -0.1) is 26.3 Å². The van der Waals surface area contributed by atoms with Crippen molar-refractivity contribution in [3.63, 3.8) is 0 Å². The zero-order valence-corrected chi connectivity index (χ0v) is 20.5. The van der Waals surface area contributed by atoms with E-state index < -0.39 is 48.1 Å². The number of halogens is 10. The van der Waals surface area contributed by atoms with Gasteiger partial charge in [0.25, 0.3) is 0 Å². The third-order valence-electron chi connectivity index (χ3n) is 4.37. The number of nitrogens with zero attached hydrogens (tertiary/aromatic N) is 2. The number of benzene rings is 2. The van der Waals surface area contributed by atoms with Crippen molar-refractivity contribution >= 4 is 41.1 Å². The molecule has 0 aliphatic carbocycles. The number of hydrogen-bond acceptors (Lipinski definition) is 6. The van der Waals surface area contributed by atoms with Crippen LogP contribution in [-0.4, -0.2) is 22.0 Å². The highest BCUT2D eigenvalue weighted by atomic mass is 79.9. The number of rotatable bonds is 4.